The molecule has 2 aromatic heterocycles. The third-order valence-corrected chi connectivity index (χ3v) is 14.5. The summed E-state index contributed by atoms with van der Waals surface area (Å²) in [5, 5.41) is 7.64. The number of hydrogen-bond donors (Lipinski definition) is 0. The molecule has 2 nitrogen and oxygen atoms in total. The van der Waals surface area contributed by atoms with Crippen LogP contribution in [0.4, 0.5) is 17.1 Å². The van der Waals surface area contributed by atoms with Crippen LogP contribution in [0.2, 0.25) is 0 Å². The molecular formula is C64H42N2S. The van der Waals surface area contributed by atoms with Crippen LogP contribution in [0.3, 0.4) is 0 Å². The Balaban J connectivity index is 0.878. The Kier molecular flexibility index (Phi) is 9.40. The van der Waals surface area contributed by atoms with E-state index in [1.807, 2.05) is 11.3 Å². The predicted molar refractivity (Wildman–Crippen MR) is 288 cm³/mol. The van der Waals surface area contributed by atoms with Crippen molar-refractivity contribution >= 4 is 81.1 Å². The average molecular weight is 871 g/mol. The Hall–Kier alpha value is -8.50. The first-order chi connectivity index (χ1) is 33.2. The first-order valence-electron chi connectivity index (χ1n) is 22.9. The van der Waals surface area contributed by atoms with Gasteiger partial charge in [0.05, 0.1) is 11.0 Å². The van der Waals surface area contributed by atoms with Crippen molar-refractivity contribution in [2.45, 2.75) is 0 Å². The minimum absolute atomic E-state index is 1.09. The van der Waals surface area contributed by atoms with Crippen LogP contribution in [0.5, 0.6) is 0 Å². The first-order valence-corrected chi connectivity index (χ1v) is 23.7. The standard InChI is InChI=1S/C64H42N2S/c1-2-16-52(17-3-1)66-60-21-8-6-18-57(60)59-42-51(32-39-61(59)66)45-28-35-54(36-29-45)65(55-37-30-46(31-38-55)56-20-11-23-63-64(56)58-19-7-9-22-62(58)67-63)53-33-26-44(27-34-53)48-14-10-15-49(40-48)50-25-24-43-12-4-5-13-47(43)41-50/h1-42H. The normalized spacial score (nSPS) is 11.6. The van der Waals surface area contributed by atoms with Crippen molar-refractivity contribution in [3.8, 4) is 50.2 Å². The van der Waals surface area contributed by atoms with Gasteiger partial charge in [-0.1, -0.05) is 164 Å². The minimum Gasteiger partial charge on any atom is -0.311 e. The number of nitrogens with zero attached hydrogens (tertiary/aromatic N) is 2. The predicted octanol–water partition coefficient (Wildman–Crippen LogP) is 18.4. The maximum atomic E-state index is 2.38. The first kappa shape index (κ1) is 38.9. The number of hydrogen-bond acceptors (Lipinski definition) is 2. The third-order valence-electron chi connectivity index (χ3n) is 13.4. The van der Waals surface area contributed by atoms with E-state index in [2.05, 4.69) is 264 Å². The van der Waals surface area contributed by atoms with Crippen molar-refractivity contribution in [3.05, 3.63) is 255 Å². The van der Waals surface area contributed by atoms with E-state index in [1.54, 1.807) is 0 Å². The van der Waals surface area contributed by atoms with Gasteiger partial charge >= 0.3 is 0 Å². The number of rotatable bonds is 8. The highest BCUT2D eigenvalue weighted by Gasteiger charge is 2.17. The molecule has 0 atom stereocenters. The van der Waals surface area contributed by atoms with E-state index in [1.165, 1.54) is 103 Å². The van der Waals surface area contributed by atoms with Gasteiger partial charge in [-0.25, -0.2) is 0 Å². The van der Waals surface area contributed by atoms with Crippen molar-refractivity contribution in [1.82, 2.24) is 4.57 Å². The average Bonchev–Trinajstić information content (AvgIpc) is 3.95. The van der Waals surface area contributed by atoms with Crippen LogP contribution in [0.1, 0.15) is 0 Å². The molecule has 0 fully saturated rings. The fraction of sp³-hybridized carbons (Fsp3) is 0. The lowest BCUT2D eigenvalue weighted by atomic mass is 9.97. The highest BCUT2D eigenvalue weighted by Crippen LogP contribution is 2.43. The van der Waals surface area contributed by atoms with Crippen molar-refractivity contribution in [2.24, 2.45) is 0 Å². The zero-order chi connectivity index (χ0) is 44.3. The fourth-order valence-electron chi connectivity index (χ4n) is 10.1. The molecule has 0 unspecified atom stereocenters. The summed E-state index contributed by atoms with van der Waals surface area (Å²) in [5.74, 6) is 0. The van der Waals surface area contributed by atoms with Crippen LogP contribution < -0.4 is 4.90 Å². The Bertz CT molecular complexity index is 3950. The fourth-order valence-corrected chi connectivity index (χ4v) is 11.2. The number of fused-ring (bicyclic) bond motifs is 7. The van der Waals surface area contributed by atoms with E-state index in [0.717, 1.165) is 17.1 Å². The lowest BCUT2D eigenvalue weighted by Crippen LogP contribution is -2.09. The van der Waals surface area contributed by atoms with Crippen molar-refractivity contribution in [2.75, 3.05) is 4.90 Å². The van der Waals surface area contributed by atoms with E-state index in [0.29, 0.717) is 0 Å². The molecule has 0 radical (unpaired) electrons. The summed E-state index contributed by atoms with van der Waals surface area (Å²) in [6.45, 7) is 0. The molecule has 0 saturated carbocycles. The molecule has 314 valence electrons. The molecular weight excluding hydrogens is 829 g/mol. The van der Waals surface area contributed by atoms with Crippen molar-refractivity contribution in [1.29, 1.82) is 0 Å². The highest BCUT2D eigenvalue weighted by molar-refractivity contribution is 7.25. The van der Waals surface area contributed by atoms with Gasteiger partial charge in [-0.2, -0.15) is 0 Å². The lowest BCUT2D eigenvalue weighted by molar-refractivity contribution is 1.18. The minimum atomic E-state index is 1.09. The zero-order valence-electron chi connectivity index (χ0n) is 36.6. The van der Waals surface area contributed by atoms with E-state index >= 15 is 0 Å². The van der Waals surface area contributed by atoms with Gasteiger partial charge in [0, 0.05) is 53.7 Å². The van der Waals surface area contributed by atoms with Crippen LogP contribution in [0.15, 0.2) is 255 Å². The quantitative estimate of drug-likeness (QED) is 0.148. The highest BCUT2D eigenvalue weighted by atomic mass is 32.1. The Morgan fingerprint density at radius 2 is 0.821 bits per heavy atom. The largest absolute Gasteiger partial charge is 0.311 e. The molecule has 3 heteroatoms. The molecule has 0 spiro atoms. The maximum Gasteiger partial charge on any atom is 0.0541 e. The topological polar surface area (TPSA) is 8.17 Å². The monoisotopic (exact) mass is 870 g/mol. The molecule has 13 aromatic rings. The number of thiophene rings is 1. The lowest BCUT2D eigenvalue weighted by Gasteiger charge is -2.26. The maximum absolute atomic E-state index is 2.38. The van der Waals surface area contributed by atoms with E-state index in [4.69, 9.17) is 0 Å². The van der Waals surface area contributed by atoms with Crippen LogP contribution >= 0.6 is 11.3 Å². The number of anilines is 3. The van der Waals surface area contributed by atoms with Crippen molar-refractivity contribution < 1.29 is 0 Å². The summed E-state index contributed by atoms with van der Waals surface area (Å²) in [7, 11) is 0. The van der Waals surface area contributed by atoms with Gasteiger partial charge in [-0.15, -0.1) is 11.3 Å². The van der Waals surface area contributed by atoms with Gasteiger partial charge in [0.2, 0.25) is 0 Å². The van der Waals surface area contributed by atoms with Crippen LogP contribution in [-0.4, -0.2) is 4.57 Å². The molecule has 0 amide bonds. The molecule has 0 aliphatic heterocycles. The van der Waals surface area contributed by atoms with Gasteiger partial charge in [0.15, 0.2) is 0 Å². The molecule has 2 heterocycles. The van der Waals surface area contributed by atoms with Crippen LogP contribution in [-0.2, 0) is 0 Å². The number of para-hydroxylation sites is 2. The number of benzene rings is 11. The zero-order valence-corrected chi connectivity index (χ0v) is 37.4. The molecule has 0 aliphatic rings. The summed E-state index contributed by atoms with van der Waals surface area (Å²) in [6.07, 6.45) is 0. The van der Waals surface area contributed by atoms with Gasteiger partial charge in [0.25, 0.3) is 0 Å². The Labute approximate surface area is 393 Å². The van der Waals surface area contributed by atoms with Gasteiger partial charge in [-0.05, 0) is 146 Å². The van der Waals surface area contributed by atoms with Crippen LogP contribution in [0.25, 0.3) is 103 Å². The van der Waals surface area contributed by atoms with Crippen molar-refractivity contribution in [3.63, 3.8) is 0 Å². The molecule has 11 aromatic carbocycles. The molecule has 67 heavy (non-hydrogen) atoms. The second kappa shape index (κ2) is 16.2. The molecule has 0 N–H and O–H groups in total. The molecule has 0 bridgehead atoms. The molecule has 0 aliphatic carbocycles. The summed E-state index contributed by atoms with van der Waals surface area (Å²) in [6, 6.07) is 93.1. The Morgan fingerprint density at radius 1 is 0.299 bits per heavy atom. The van der Waals surface area contributed by atoms with E-state index in [-0.39, 0.29) is 0 Å². The Morgan fingerprint density at radius 3 is 1.57 bits per heavy atom. The van der Waals surface area contributed by atoms with Gasteiger partial charge in [-0.3, -0.25) is 0 Å². The van der Waals surface area contributed by atoms with Gasteiger partial charge < -0.3 is 9.47 Å². The number of aromatic nitrogens is 1. The van der Waals surface area contributed by atoms with Crippen LogP contribution in [0, 0.1) is 0 Å². The van der Waals surface area contributed by atoms with E-state index < -0.39 is 0 Å². The summed E-state index contributed by atoms with van der Waals surface area (Å²) in [5.41, 5.74) is 16.5. The third kappa shape index (κ3) is 6.88. The van der Waals surface area contributed by atoms with E-state index in [9.17, 15) is 0 Å². The van der Waals surface area contributed by atoms with Gasteiger partial charge in [0.1, 0.15) is 0 Å². The summed E-state index contributed by atoms with van der Waals surface area (Å²) >= 11 is 1.86. The summed E-state index contributed by atoms with van der Waals surface area (Å²) < 4.78 is 5.00. The molecule has 13 rings (SSSR count). The smallest absolute Gasteiger partial charge is 0.0541 e. The summed E-state index contributed by atoms with van der Waals surface area (Å²) in [4.78, 5) is 2.38. The second-order valence-corrected chi connectivity index (χ2v) is 18.4. The molecule has 0 saturated heterocycles. The second-order valence-electron chi connectivity index (χ2n) is 17.3. The SMILES string of the molecule is c1ccc(-n2c3ccccc3c3cc(-c4ccc(N(c5ccc(-c6cccc(-c7ccc8ccccc8c7)c6)cc5)c5ccc(-c6cccc7sc8ccccc8c67)cc5)cc4)ccc32)cc1.